The highest BCUT2D eigenvalue weighted by atomic mass is 35.5. The maximum absolute atomic E-state index is 12.5. The monoisotopic (exact) mass is 309 g/mol. The van der Waals surface area contributed by atoms with Crippen LogP contribution in [0.15, 0.2) is 41.3 Å². The van der Waals surface area contributed by atoms with Crippen LogP contribution < -0.4 is 5.73 Å². The van der Waals surface area contributed by atoms with E-state index in [4.69, 9.17) is 17.3 Å². The summed E-state index contributed by atoms with van der Waals surface area (Å²) in [4.78, 5) is 0.322. The fourth-order valence-corrected chi connectivity index (χ4v) is 4.15. The number of rotatable bonds is 3. The molecule has 0 unspecified atom stereocenters. The molecule has 0 radical (unpaired) electrons. The normalized spacial score (nSPS) is 11.6. The maximum atomic E-state index is 12.5. The lowest BCUT2D eigenvalue weighted by Crippen LogP contribution is -2.09. The molecule has 0 saturated carbocycles. The van der Waals surface area contributed by atoms with Crippen molar-refractivity contribution in [2.24, 2.45) is 0 Å². The average molecular weight is 310 g/mol. The Labute approximate surface area is 124 Å². The molecule has 20 heavy (non-hydrogen) atoms. The molecule has 0 amide bonds. The molecule has 5 heteroatoms. The summed E-state index contributed by atoms with van der Waals surface area (Å²) >= 11 is 6.04. The minimum Gasteiger partial charge on any atom is -0.398 e. The lowest BCUT2D eigenvalue weighted by molar-refractivity contribution is 0.594. The Kier molecular flexibility index (Phi) is 4.06. The van der Waals surface area contributed by atoms with E-state index in [0.29, 0.717) is 21.2 Å². The quantitative estimate of drug-likeness (QED) is 0.883. The average Bonchev–Trinajstić information content (AvgIpc) is 2.33. The van der Waals surface area contributed by atoms with Gasteiger partial charge in [0.25, 0.3) is 0 Å². The summed E-state index contributed by atoms with van der Waals surface area (Å²) < 4.78 is 25.0. The van der Waals surface area contributed by atoms with Gasteiger partial charge in [-0.2, -0.15) is 0 Å². The van der Waals surface area contributed by atoms with Gasteiger partial charge in [0.1, 0.15) is 0 Å². The Morgan fingerprint density at radius 1 is 1.15 bits per heavy atom. The standard InChI is InChI=1S/C15H16ClNO2S/c1-10-6-7-15(11(2)8-10)20(18,19)9-12-13(16)4-3-5-14(12)17/h3-8H,9,17H2,1-2H3. The van der Waals surface area contributed by atoms with Gasteiger partial charge in [-0.25, -0.2) is 8.42 Å². The number of nitrogen functional groups attached to an aromatic ring is 1. The van der Waals surface area contributed by atoms with Gasteiger partial charge in [-0.05, 0) is 37.6 Å². The second-order valence-electron chi connectivity index (χ2n) is 4.84. The number of sulfone groups is 1. The third-order valence-electron chi connectivity index (χ3n) is 3.15. The van der Waals surface area contributed by atoms with E-state index in [-0.39, 0.29) is 5.75 Å². The summed E-state index contributed by atoms with van der Waals surface area (Å²) in [5.41, 5.74) is 8.43. The Morgan fingerprint density at radius 2 is 1.85 bits per heavy atom. The molecule has 0 aliphatic carbocycles. The second-order valence-corrected chi connectivity index (χ2v) is 7.20. The Morgan fingerprint density at radius 3 is 2.45 bits per heavy atom. The Balaban J connectivity index is 2.46. The van der Waals surface area contributed by atoms with Crippen LogP contribution in [0.3, 0.4) is 0 Å². The number of hydrogen-bond acceptors (Lipinski definition) is 3. The van der Waals surface area contributed by atoms with Crippen molar-refractivity contribution in [1.29, 1.82) is 0 Å². The first-order valence-electron chi connectivity index (χ1n) is 6.14. The molecule has 2 N–H and O–H groups in total. The van der Waals surface area contributed by atoms with E-state index in [1.165, 1.54) is 0 Å². The molecule has 106 valence electrons. The van der Waals surface area contributed by atoms with Gasteiger partial charge in [-0.1, -0.05) is 35.4 Å². The fraction of sp³-hybridized carbons (Fsp3) is 0.200. The van der Waals surface area contributed by atoms with E-state index in [9.17, 15) is 8.42 Å². The molecular formula is C15H16ClNO2S. The van der Waals surface area contributed by atoms with E-state index in [2.05, 4.69) is 0 Å². The van der Waals surface area contributed by atoms with Gasteiger partial charge < -0.3 is 5.73 Å². The molecule has 2 aromatic carbocycles. The molecular weight excluding hydrogens is 294 g/mol. The molecule has 0 aliphatic rings. The van der Waals surface area contributed by atoms with E-state index < -0.39 is 9.84 Å². The minimum atomic E-state index is -3.47. The topological polar surface area (TPSA) is 60.2 Å². The molecule has 3 nitrogen and oxygen atoms in total. The van der Waals surface area contributed by atoms with Crippen molar-refractivity contribution in [2.45, 2.75) is 24.5 Å². The SMILES string of the molecule is Cc1ccc(S(=O)(=O)Cc2c(N)cccc2Cl)c(C)c1. The number of aryl methyl sites for hydroxylation is 2. The molecule has 0 heterocycles. The van der Waals surface area contributed by atoms with Crippen LogP contribution in [0.4, 0.5) is 5.69 Å². The van der Waals surface area contributed by atoms with Gasteiger partial charge in [0.05, 0.1) is 10.6 Å². The van der Waals surface area contributed by atoms with Crippen LogP contribution in [0.2, 0.25) is 5.02 Å². The number of benzene rings is 2. The molecule has 0 atom stereocenters. The highest BCUT2D eigenvalue weighted by molar-refractivity contribution is 7.90. The van der Waals surface area contributed by atoms with E-state index in [0.717, 1.165) is 11.1 Å². The van der Waals surface area contributed by atoms with Gasteiger partial charge in [0, 0.05) is 16.3 Å². The van der Waals surface area contributed by atoms with Crippen molar-refractivity contribution in [3.05, 3.63) is 58.1 Å². The summed E-state index contributed by atoms with van der Waals surface area (Å²) in [6.45, 7) is 3.71. The van der Waals surface area contributed by atoms with Crippen molar-refractivity contribution >= 4 is 27.1 Å². The highest BCUT2D eigenvalue weighted by Crippen LogP contribution is 2.28. The van der Waals surface area contributed by atoms with Gasteiger partial charge >= 0.3 is 0 Å². The lowest BCUT2D eigenvalue weighted by Gasteiger charge is -2.11. The third-order valence-corrected chi connectivity index (χ3v) is 5.31. The first kappa shape index (κ1) is 14.9. The number of hydrogen-bond donors (Lipinski definition) is 1. The summed E-state index contributed by atoms with van der Waals surface area (Å²) in [5, 5.41) is 0.373. The molecule has 0 saturated heterocycles. The van der Waals surface area contributed by atoms with Crippen molar-refractivity contribution in [3.63, 3.8) is 0 Å². The van der Waals surface area contributed by atoms with Crippen LogP contribution in [0.25, 0.3) is 0 Å². The van der Waals surface area contributed by atoms with Gasteiger partial charge in [-0.15, -0.1) is 0 Å². The van der Waals surface area contributed by atoms with Crippen LogP contribution in [0.5, 0.6) is 0 Å². The van der Waals surface area contributed by atoms with Crippen molar-refractivity contribution in [3.8, 4) is 0 Å². The highest BCUT2D eigenvalue weighted by Gasteiger charge is 2.20. The van der Waals surface area contributed by atoms with Crippen molar-refractivity contribution in [1.82, 2.24) is 0 Å². The molecule has 0 bridgehead atoms. The Bertz CT molecular complexity index is 734. The molecule has 0 fully saturated rings. The fourth-order valence-electron chi connectivity index (χ4n) is 2.14. The van der Waals surface area contributed by atoms with Gasteiger partial charge in [0.2, 0.25) is 0 Å². The summed E-state index contributed by atoms with van der Waals surface area (Å²) in [6, 6.07) is 10.3. The van der Waals surface area contributed by atoms with E-state index in [1.54, 1.807) is 37.3 Å². The summed E-state index contributed by atoms with van der Waals surface area (Å²) in [6.07, 6.45) is 0. The van der Waals surface area contributed by atoms with Crippen LogP contribution in [-0.2, 0) is 15.6 Å². The first-order valence-corrected chi connectivity index (χ1v) is 8.17. The maximum Gasteiger partial charge on any atom is 0.182 e. The predicted molar refractivity (Wildman–Crippen MR) is 82.7 cm³/mol. The van der Waals surface area contributed by atoms with E-state index in [1.807, 2.05) is 13.0 Å². The summed E-state index contributed by atoms with van der Waals surface area (Å²) in [5.74, 6) is -0.192. The van der Waals surface area contributed by atoms with Crippen LogP contribution in [-0.4, -0.2) is 8.42 Å². The second kappa shape index (κ2) is 5.46. The lowest BCUT2D eigenvalue weighted by atomic mass is 10.2. The molecule has 2 rings (SSSR count). The number of nitrogens with two attached hydrogens (primary N) is 1. The molecule has 2 aromatic rings. The van der Waals surface area contributed by atoms with E-state index >= 15 is 0 Å². The van der Waals surface area contributed by atoms with Crippen LogP contribution >= 0.6 is 11.6 Å². The molecule has 0 spiro atoms. The van der Waals surface area contributed by atoms with Gasteiger partial charge in [-0.3, -0.25) is 0 Å². The first-order chi connectivity index (χ1) is 9.31. The zero-order chi connectivity index (χ0) is 14.9. The largest absolute Gasteiger partial charge is 0.398 e. The number of anilines is 1. The molecule has 0 aromatic heterocycles. The zero-order valence-corrected chi connectivity index (χ0v) is 12.9. The Hall–Kier alpha value is -1.52. The zero-order valence-electron chi connectivity index (χ0n) is 11.4. The van der Waals surface area contributed by atoms with Crippen LogP contribution in [0.1, 0.15) is 16.7 Å². The van der Waals surface area contributed by atoms with Crippen LogP contribution in [0, 0.1) is 13.8 Å². The minimum absolute atomic E-state index is 0.192. The molecule has 0 aliphatic heterocycles. The van der Waals surface area contributed by atoms with Gasteiger partial charge in [0.15, 0.2) is 9.84 Å². The number of halogens is 1. The summed E-state index contributed by atoms with van der Waals surface area (Å²) in [7, 11) is -3.47. The predicted octanol–water partition coefficient (Wildman–Crippen LogP) is 3.51. The van der Waals surface area contributed by atoms with Crippen molar-refractivity contribution in [2.75, 3.05) is 5.73 Å². The third kappa shape index (κ3) is 2.97. The van der Waals surface area contributed by atoms with Crippen molar-refractivity contribution < 1.29 is 8.42 Å². The smallest absolute Gasteiger partial charge is 0.182 e.